The maximum absolute atomic E-state index is 13.5. The van der Waals surface area contributed by atoms with E-state index in [1.54, 1.807) is 0 Å². The van der Waals surface area contributed by atoms with E-state index in [4.69, 9.17) is 0 Å². The second-order valence-corrected chi connectivity index (χ2v) is 5.44. The molecule has 0 saturated heterocycles. The van der Waals surface area contributed by atoms with Gasteiger partial charge in [-0.3, -0.25) is 0 Å². The van der Waals surface area contributed by atoms with Gasteiger partial charge in [-0.15, -0.1) is 0 Å². The molecule has 106 valence electrons. The Morgan fingerprint density at radius 1 is 1.20 bits per heavy atom. The van der Waals surface area contributed by atoms with Crippen molar-refractivity contribution in [3.63, 3.8) is 0 Å². The highest BCUT2D eigenvalue weighted by molar-refractivity contribution is 9.10. The Bertz CT molecular complexity index is 619. The van der Waals surface area contributed by atoms with Gasteiger partial charge in [0.05, 0.1) is 6.10 Å². The molecule has 5 heteroatoms. The van der Waals surface area contributed by atoms with Crippen LogP contribution in [0, 0.1) is 18.6 Å². The van der Waals surface area contributed by atoms with E-state index in [1.165, 1.54) is 0 Å². The molecule has 0 bridgehead atoms. The maximum Gasteiger partial charge on any atom is 0.129 e. The van der Waals surface area contributed by atoms with E-state index < -0.39 is 17.7 Å². The lowest BCUT2D eigenvalue weighted by Crippen LogP contribution is -2.14. The number of hydrogen-bond acceptors (Lipinski definition) is 2. The van der Waals surface area contributed by atoms with Crippen molar-refractivity contribution in [3.8, 4) is 0 Å². The van der Waals surface area contributed by atoms with Crippen LogP contribution in [0.4, 0.5) is 14.5 Å². The number of aryl methyl sites for hydroxylation is 1. The zero-order valence-corrected chi connectivity index (χ0v) is 12.4. The summed E-state index contributed by atoms with van der Waals surface area (Å²) in [5.41, 5.74) is 1.78. The van der Waals surface area contributed by atoms with Gasteiger partial charge in [0, 0.05) is 22.3 Å². The highest BCUT2D eigenvalue weighted by Gasteiger charge is 2.14. The predicted molar refractivity (Wildman–Crippen MR) is 78.7 cm³/mol. The van der Waals surface area contributed by atoms with Gasteiger partial charge in [-0.2, -0.15) is 0 Å². The number of nitrogens with one attached hydrogen (secondary N) is 1. The zero-order valence-electron chi connectivity index (χ0n) is 10.8. The first-order valence-electron chi connectivity index (χ1n) is 6.10. The molecule has 2 N–H and O–H groups in total. The Morgan fingerprint density at radius 3 is 2.65 bits per heavy atom. The summed E-state index contributed by atoms with van der Waals surface area (Å²) >= 11 is 3.36. The monoisotopic (exact) mass is 341 g/mol. The van der Waals surface area contributed by atoms with Gasteiger partial charge in [0.15, 0.2) is 0 Å². The molecule has 2 aromatic rings. The third-order valence-electron chi connectivity index (χ3n) is 2.99. The molecule has 0 saturated carbocycles. The van der Waals surface area contributed by atoms with E-state index in [-0.39, 0.29) is 12.1 Å². The van der Waals surface area contributed by atoms with Crippen LogP contribution in [-0.2, 0) is 0 Å². The van der Waals surface area contributed by atoms with Crippen LogP contribution in [0.25, 0.3) is 0 Å². The molecule has 0 radical (unpaired) electrons. The normalized spacial score (nSPS) is 12.2. The Labute approximate surface area is 124 Å². The number of rotatable bonds is 4. The summed E-state index contributed by atoms with van der Waals surface area (Å²) in [5, 5.41) is 13.0. The molecule has 2 nitrogen and oxygen atoms in total. The number of benzene rings is 2. The van der Waals surface area contributed by atoms with Crippen LogP contribution in [0.2, 0.25) is 0 Å². The molecular formula is C15H14BrF2NO. The molecule has 1 atom stereocenters. The average Bonchev–Trinajstić information content (AvgIpc) is 2.40. The van der Waals surface area contributed by atoms with E-state index in [0.717, 1.165) is 33.9 Å². The van der Waals surface area contributed by atoms with Crippen molar-refractivity contribution in [1.29, 1.82) is 0 Å². The van der Waals surface area contributed by atoms with Gasteiger partial charge in [0.2, 0.25) is 0 Å². The lowest BCUT2D eigenvalue weighted by Gasteiger charge is -2.15. The number of anilines is 1. The summed E-state index contributed by atoms with van der Waals surface area (Å²) in [6.45, 7) is 2.02. The molecule has 0 amide bonds. The smallest absolute Gasteiger partial charge is 0.129 e. The van der Waals surface area contributed by atoms with Crippen LogP contribution >= 0.6 is 15.9 Å². The van der Waals surface area contributed by atoms with Crippen molar-refractivity contribution in [3.05, 3.63) is 63.6 Å². The van der Waals surface area contributed by atoms with Gasteiger partial charge in [-0.25, -0.2) is 8.78 Å². The fourth-order valence-corrected chi connectivity index (χ4v) is 2.39. The van der Waals surface area contributed by atoms with Crippen LogP contribution in [-0.4, -0.2) is 11.7 Å². The van der Waals surface area contributed by atoms with Gasteiger partial charge in [0.1, 0.15) is 11.6 Å². The van der Waals surface area contributed by atoms with Gasteiger partial charge < -0.3 is 10.4 Å². The fraction of sp³-hybridized carbons (Fsp3) is 0.200. The summed E-state index contributed by atoms with van der Waals surface area (Å²) in [4.78, 5) is 0. The molecule has 0 aliphatic rings. The van der Waals surface area contributed by atoms with Crippen molar-refractivity contribution in [2.24, 2.45) is 0 Å². The minimum Gasteiger partial charge on any atom is -0.386 e. The fourth-order valence-electron chi connectivity index (χ4n) is 1.91. The Balaban J connectivity index is 2.08. The first-order chi connectivity index (χ1) is 9.47. The zero-order chi connectivity index (χ0) is 14.7. The van der Waals surface area contributed by atoms with E-state index in [2.05, 4.69) is 21.2 Å². The number of halogens is 3. The van der Waals surface area contributed by atoms with Gasteiger partial charge in [-0.05, 0) is 48.9 Å². The molecule has 2 rings (SSSR count). The third-order valence-corrected chi connectivity index (χ3v) is 3.48. The summed E-state index contributed by atoms with van der Waals surface area (Å²) in [7, 11) is 0. The predicted octanol–water partition coefficient (Wildman–Crippen LogP) is 4.18. The molecule has 2 aromatic carbocycles. The lowest BCUT2D eigenvalue weighted by molar-refractivity contribution is 0.186. The molecule has 0 aliphatic heterocycles. The molecule has 0 spiro atoms. The Kier molecular flexibility index (Phi) is 4.73. The molecule has 0 fully saturated rings. The van der Waals surface area contributed by atoms with Gasteiger partial charge >= 0.3 is 0 Å². The summed E-state index contributed by atoms with van der Waals surface area (Å²) in [5.74, 6) is -1.19. The van der Waals surface area contributed by atoms with Crippen molar-refractivity contribution in [2.75, 3.05) is 11.9 Å². The highest BCUT2D eigenvalue weighted by atomic mass is 79.9. The van der Waals surface area contributed by atoms with Gasteiger partial charge in [0.25, 0.3) is 0 Å². The van der Waals surface area contributed by atoms with Crippen molar-refractivity contribution in [1.82, 2.24) is 0 Å². The summed E-state index contributed by atoms with van der Waals surface area (Å²) in [6, 6.07) is 8.70. The minimum atomic E-state index is -1.12. The largest absolute Gasteiger partial charge is 0.386 e. The van der Waals surface area contributed by atoms with Crippen LogP contribution in [0.5, 0.6) is 0 Å². The van der Waals surface area contributed by atoms with E-state index in [9.17, 15) is 13.9 Å². The standard InChI is InChI=1S/C15H14BrF2NO/c1-9-6-10(16)2-5-14(9)19-8-15(20)12-7-11(17)3-4-13(12)18/h2-7,15,19-20H,8H2,1H3. The highest BCUT2D eigenvalue weighted by Crippen LogP contribution is 2.22. The second kappa shape index (κ2) is 6.33. The molecule has 0 heterocycles. The van der Waals surface area contributed by atoms with Crippen molar-refractivity contribution >= 4 is 21.6 Å². The quantitative estimate of drug-likeness (QED) is 0.874. The number of aliphatic hydroxyl groups excluding tert-OH is 1. The summed E-state index contributed by atoms with van der Waals surface area (Å²) < 4.78 is 27.5. The van der Waals surface area contributed by atoms with E-state index in [1.807, 2.05) is 25.1 Å². The molecule has 1 unspecified atom stereocenters. The molecule has 0 aliphatic carbocycles. The van der Waals surface area contributed by atoms with Crippen LogP contribution in [0.1, 0.15) is 17.2 Å². The first-order valence-corrected chi connectivity index (χ1v) is 6.89. The van der Waals surface area contributed by atoms with Crippen molar-refractivity contribution < 1.29 is 13.9 Å². The van der Waals surface area contributed by atoms with Crippen molar-refractivity contribution in [2.45, 2.75) is 13.0 Å². The Morgan fingerprint density at radius 2 is 1.95 bits per heavy atom. The van der Waals surface area contributed by atoms with E-state index in [0.29, 0.717) is 0 Å². The molecular weight excluding hydrogens is 328 g/mol. The average molecular weight is 342 g/mol. The van der Waals surface area contributed by atoms with Crippen LogP contribution in [0.3, 0.4) is 0 Å². The lowest BCUT2D eigenvalue weighted by atomic mass is 10.1. The summed E-state index contributed by atoms with van der Waals surface area (Å²) in [6.07, 6.45) is -1.12. The first kappa shape index (κ1) is 14.9. The van der Waals surface area contributed by atoms with Gasteiger partial charge in [-0.1, -0.05) is 15.9 Å². The third kappa shape index (κ3) is 3.55. The van der Waals surface area contributed by atoms with E-state index >= 15 is 0 Å². The topological polar surface area (TPSA) is 32.3 Å². The maximum atomic E-state index is 13.5. The number of hydrogen-bond donors (Lipinski definition) is 2. The minimum absolute atomic E-state index is 0.0488. The Hall–Kier alpha value is -1.46. The SMILES string of the molecule is Cc1cc(Br)ccc1NCC(O)c1cc(F)ccc1F. The number of aliphatic hydroxyl groups is 1. The van der Waals surface area contributed by atoms with Crippen LogP contribution < -0.4 is 5.32 Å². The second-order valence-electron chi connectivity index (χ2n) is 4.52. The molecule has 0 aromatic heterocycles. The molecule has 20 heavy (non-hydrogen) atoms. The van der Waals surface area contributed by atoms with Crippen LogP contribution in [0.15, 0.2) is 40.9 Å².